The summed E-state index contributed by atoms with van der Waals surface area (Å²) in [5.41, 5.74) is 1.13. The van der Waals surface area contributed by atoms with Gasteiger partial charge in [-0.2, -0.15) is 5.26 Å². The van der Waals surface area contributed by atoms with Crippen LogP contribution >= 0.6 is 0 Å². The number of carbonyl (C=O) groups excluding carboxylic acids is 2. The van der Waals surface area contributed by atoms with Gasteiger partial charge in [0, 0.05) is 12.7 Å². The number of nitriles is 1. The highest BCUT2D eigenvalue weighted by atomic mass is 16.5. The van der Waals surface area contributed by atoms with E-state index in [4.69, 9.17) is 10.00 Å². The molecule has 1 N–H and O–H groups in total. The number of hydrogen-bond acceptors (Lipinski definition) is 5. The van der Waals surface area contributed by atoms with Gasteiger partial charge >= 0.3 is 0 Å². The third-order valence-corrected chi connectivity index (χ3v) is 2.57. The Balaban J connectivity index is 2.45. The van der Waals surface area contributed by atoms with Crippen LogP contribution in [0, 0.1) is 11.3 Å². The van der Waals surface area contributed by atoms with Crippen LogP contribution in [0.25, 0.3) is 0 Å². The van der Waals surface area contributed by atoms with Crippen molar-refractivity contribution in [1.82, 2.24) is 0 Å². The van der Waals surface area contributed by atoms with Crippen LogP contribution in [-0.4, -0.2) is 25.5 Å². The van der Waals surface area contributed by atoms with Crippen molar-refractivity contribution in [2.45, 2.75) is 6.42 Å². The normalized spacial score (nSPS) is 13.3. The second-order valence-corrected chi connectivity index (χ2v) is 3.68. The number of amides is 2. The van der Waals surface area contributed by atoms with E-state index in [-0.39, 0.29) is 13.0 Å². The van der Waals surface area contributed by atoms with Crippen LogP contribution in [0.2, 0.25) is 0 Å². The van der Waals surface area contributed by atoms with Crippen LogP contribution in [0.15, 0.2) is 18.2 Å². The topological polar surface area (TPSA) is 82.4 Å². The molecule has 1 aromatic rings. The molecule has 1 aromatic carbocycles. The highest BCUT2D eigenvalue weighted by molar-refractivity contribution is 6.17. The molecule has 1 heterocycles. The lowest BCUT2D eigenvalue weighted by atomic mass is 10.2. The molecule has 0 radical (unpaired) electrons. The number of nitrogens with zero attached hydrogens (tertiary/aromatic N) is 2. The van der Waals surface area contributed by atoms with E-state index in [2.05, 4.69) is 5.32 Å². The van der Waals surface area contributed by atoms with Gasteiger partial charge in [0.15, 0.2) is 6.61 Å². The predicted molar refractivity (Wildman–Crippen MR) is 64.2 cm³/mol. The molecule has 2 amide bonds. The lowest BCUT2D eigenvalue weighted by Gasteiger charge is -2.27. The minimum absolute atomic E-state index is 0.191. The van der Waals surface area contributed by atoms with Crippen LogP contribution in [0.1, 0.15) is 6.42 Å². The Hall–Kier alpha value is -2.55. The van der Waals surface area contributed by atoms with E-state index in [9.17, 15) is 9.59 Å². The highest BCUT2D eigenvalue weighted by Crippen LogP contribution is 2.34. The molecular formula is C12H11N3O3. The van der Waals surface area contributed by atoms with Crippen molar-refractivity contribution in [1.29, 1.82) is 5.26 Å². The Kier molecular flexibility index (Phi) is 3.15. The summed E-state index contributed by atoms with van der Waals surface area (Å²) in [6.45, 7) is -0.191. The fourth-order valence-corrected chi connectivity index (χ4v) is 1.73. The van der Waals surface area contributed by atoms with E-state index in [1.165, 1.54) is 0 Å². The van der Waals surface area contributed by atoms with Gasteiger partial charge in [-0.15, -0.1) is 0 Å². The van der Waals surface area contributed by atoms with E-state index >= 15 is 0 Å². The molecule has 18 heavy (non-hydrogen) atoms. The van der Waals surface area contributed by atoms with Crippen molar-refractivity contribution in [2.24, 2.45) is 0 Å². The average Bonchev–Trinajstić information content (AvgIpc) is 2.38. The molecule has 0 spiro atoms. The molecule has 0 saturated heterocycles. The summed E-state index contributed by atoms with van der Waals surface area (Å²) in [5.74, 6) is -0.545. The second kappa shape index (κ2) is 4.75. The van der Waals surface area contributed by atoms with Crippen molar-refractivity contribution >= 4 is 23.2 Å². The Morgan fingerprint density at radius 1 is 1.61 bits per heavy atom. The van der Waals surface area contributed by atoms with Crippen LogP contribution in [0.4, 0.5) is 11.4 Å². The van der Waals surface area contributed by atoms with Gasteiger partial charge in [-0.05, 0) is 18.2 Å². The predicted octanol–water partition coefficient (Wildman–Crippen LogP) is 0.894. The second-order valence-electron chi connectivity index (χ2n) is 3.68. The van der Waals surface area contributed by atoms with Gasteiger partial charge in [-0.25, -0.2) is 4.90 Å². The zero-order valence-corrected chi connectivity index (χ0v) is 9.77. The van der Waals surface area contributed by atoms with Gasteiger partial charge in [-0.3, -0.25) is 9.59 Å². The molecule has 92 valence electrons. The lowest BCUT2D eigenvalue weighted by molar-refractivity contribution is -0.128. The van der Waals surface area contributed by atoms with Crippen LogP contribution in [0.3, 0.4) is 0 Å². The van der Waals surface area contributed by atoms with Crippen LogP contribution in [0.5, 0.6) is 5.75 Å². The summed E-state index contributed by atoms with van der Waals surface area (Å²) >= 11 is 0. The number of fused-ring (bicyclic) bond motifs is 1. The summed E-state index contributed by atoms with van der Waals surface area (Å²) < 4.78 is 5.24. The molecule has 2 rings (SSSR count). The summed E-state index contributed by atoms with van der Waals surface area (Å²) in [7, 11) is 1.73. The Morgan fingerprint density at radius 2 is 2.39 bits per heavy atom. The van der Waals surface area contributed by atoms with E-state index < -0.39 is 11.8 Å². The zero-order chi connectivity index (χ0) is 13.1. The SMILES string of the molecule is CNc1ccc2c(c1)N(C(=O)CC#N)C(=O)CO2. The first-order valence-electron chi connectivity index (χ1n) is 5.34. The monoisotopic (exact) mass is 245 g/mol. The van der Waals surface area contributed by atoms with Gasteiger partial charge < -0.3 is 10.1 Å². The number of imide groups is 1. The van der Waals surface area contributed by atoms with Gasteiger partial charge in [0.1, 0.15) is 12.2 Å². The van der Waals surface area contributed by atoms with Gasteiger partial charge in [0.2, 0.25) is 5.91 Å². The fraction of sp³-hybridized carbons (Fsp3) is 0.250. The first-order valence-corrected chi connectivity index (χ1v) is 5.34. The Bertz CT molecular complexity index is 548. The minimum Gasteiger partial charge on any atom is -0.482 e. The number of benzene rings is 1. The van der Waals surface area contributed by atoms with Gasteiger partial charge in [0.25, 0.3) is 5.91 Å². The molecule has 1 aliphatic heterocycles. The van der Waals surface area contributed by atoms with Crippen molar-refractivity contribution in [3.8, 4) is 11.8 Å². The number of ether oxygens (including phenoxy) is 1. The van der Waals surface area contributed by atoms with Crippen molar-refractivity contribution in [2.75, 3.05) is 23.9 Å². The maximum atomic E-state index is 11.8. The molecule has 0 unspecified atom stereocenters. The van der Waals surface area contributed by atoms with Gasteiger partial charge in [0.05, 0.1) is 11.8 Å². The summed E-state index contributed by atoms with van der Waals surface area (Å²) in [4.78, 5) is 24.5. The lowest BCUT2D eigenvalue weighted by Crippen LogP contribution is -2.43. The molecule has 0 aliphatic carbocycles. The maximum Gasteiger partial charge on any atom is 0.271 e. The van der Waals surface area contributed by atoms with Crippen LogP contribution < -0.4 is 15.0 Å². The number of rotatable bonds is 2. The summed E-state index contributed by atoms with van der Waals surface area (Å²) in [6.07, 6.45) is -0.338. The third-order valence-electron chi connectivity index (χ3n) is 2.57. The Labute approximate surface area is 104 Å². The smallest absolute Gasteiger partial charge is 0.271 e. The highest BCUT2D eigenvalue weighted by Gasteiger charge is 2.30. The molecule has 0 atom stereocenters. The van der Waals surface area contributed by atoms with Crippen molar-refractivity contribution in [3.05, 3.63) is 18.2 Å². The molecule has 0 saturated carbocycles. The number of hydrogen-bond donors (Lipinski definition) is 1. The standard InChI is InChI=1S/C12H11N3O3/c1-14-8-2-3-10-9(6-8)15(11(16)4-5-13)12(17)7-18-10/h2-3,6,14H,4,7H2,1H3. The number of carbonyl (C=O) groups is 2. The Morgan fingerprint density at radius 3 is 3.06 bits per heavy atom. The first kappa shape index (κ1) is 11.9. The third kappa shape index (κ3) is 1.98. The number of nitrogens with one attached hydrogen (secondary N) is 1. The molecule has 0 fully saturated rings. The van der Waals surface area contributed by atoms with Crippen molar-refractivity contribution < 1.29 is 14.3 Å². The van der Waals surface area contributed by atoms with E-state index in [0.29, 0.717) is 11.4 Å². The van der Waals surface area contributed by atoms with E-state index in [0.717, 1.165) is 10.6 Å². The van der Waals surface area contributed by atoms with E-state index in [1.54, 1.807) is 31.3 Å². The zero-order valence-electron chi connectivity index (χ0n) is 9.77. The summed E-state index contributed by atoms with van der Waals surface area (Å²) in [5, 5.41) is 11.5. The largest absolute Gasteiger partial charge is 0.482 e. The van der Waals surface area contributed by atoms with Gasteiger partial charge in [-0.1, -0.05) is 0 Å². The summed E-state index contributed by atoms with van der Waals surface area (Å²) in [6, 6.07) is 6.85. The number of anilines is 2. The maximum absolute atomic E-state index is 11.8. The molecule has 0 bridgehead atoms. The molecule has 1 aliphatic rings. The molecular weight excluding hydrogens is 234 g/mol. The van der Waals surface area contributed by atoms with Crippen molar-refractivity contribution in [3.63, 3.8) is 0 Å². The van der Waals surface area contributed by atoms with Crippen LogP contribution in [-0.2, 0) is 9.59 Å². The minimum atomic E-state index is -0.541. The first-order chi connectivity index (χ1) is 8.67. The fourth-order valence-electron chi connectivity index (χ4n) is 1.73. The average molecular weight is 245 g/mol. The molecule has 6 nitrogen and oxygen atoms in total. The van der Waals surface area contributed by atoms with E-state index in [1.807, 2.05) is 0 Å². The molecule has 0 aromatic heterocycles. The molecule has 6 heteroatoms. The quantitative estimate of drug-likeness (QED) is 0.836.